The van der Waals surface area contributed by atoms with Gasteiger partial charge in [0.2, 0.25) is 0 Å². The SMILES string of the molecule is CN=C(NCCCc1nc(C)cs1)NCc1nc(C(C)C)cs1. The van der Waals surface area contributed by atoms with Crippen LogP contribution in [0.5, 0.6) is 0 Å². The van der Waals surface area contributed by atoms with Crippen LogP contribution in [0.4, 0.5) is 0 Å². The monoisotopic (exact) mass is 351 g/mol. The largest absolute Gasteiger partial charge is 0.356 e. The Bertz CT molecular complexity index is 630. The van der Waals surface area contributed by atoms with E-state index in [1.54, 1.807) is 29.7 Å². The van der Waals surface area contributed by atoms with E-state index in [2.05, 4.69) is 50.2 Å². The van der Waals surface area contributed by atoms with Crippen molar-refractivity contribution in [1.82, 2.24) is 20.6 Å². The zero-order valence-corrected chi connectivity index (χ0v) is 15.9. The fraction of sp³-hybridized carbons (Fsp3) is 0.562. The van der Waals surface area contributed by atoms with Crippen LogP contribution >= 0.6 is 22.7 Å². The standard InChI is InChI=1S/C16H25N5S2/c1-11(2)13-10-23-15(21-13)8-19-16(17-4)18-7-5-6-14-20-12(3)9-22-14/h9-11H,5-8H2,1-4H3,(H2,17,18,19). The van der Waals surface area contributed by atoms with E-state index in [1.807, 2.05) is 6.92 Å². The lowest BCUT2D eigenvalue weighted by atomic mass is 10.2. The maximum Gasteiger partial charge on any atom is 0.191 e. The third-order valence-electron chi connectivity index (χ3n) is 3.32. The van der Waals surface area contributed by atoms with Gasteiger partial charge in [0.25, 0.3) is 0 Å². The molecule has 0 aromatic carbocycles. The summed E-state index contributed by atoms with van der Waals surface area (Å²) in [4.78, 5) is 13.4. The normalized spacial score (nSPS) is 12.0. The van der Waals surface area contributed by atoms with Gasteiger partial charge in [0.15, 0.2) is 5.96 Å². The second-order valence-electron chi connectivity index (χ2n) is 5.66. The molecule has 7 heteroatoms. The van der Waals surface area contributed by atoms with Crippen LogP contribution in [0.25, 0.3) is 0 Å². The van der Waals surface area contributed by atoms with E-state index >= 15 is 0 Å². The van der Waals surface area contributed by atoms with Gasteiger partial charge in [0, 0.05) is 36.5 Å². The van der Waals surface area contributed by atoms with Gasteiger partial charge in [-0.05, 0) is 19.3 Å². The molecule has 0 radical (unpaired) electrons. The fourth-order valence-electron chi connectivity index (χ4n) is 2.02. The Morgan fingerprint density at radius 2 is 1.96 bits per heavy atom. The van der Waals surface area contributed by atoms with E-state index in [0.717, 1.165) is 41.7 Å². The van der Waals surface area contributed by atoms with Gasteiger partial charge in [-0.3, -0.25) is 4.99 Å². The van der Waals surface area contributed by atoms with Crippen molar-refractivity contribution in [3.05, 3.63) is 32.2 Å². The average Bonchev–Trinajstić information content (AvgIpc) is 3.15. The summed E-state index contributed by atoms with van der Waals surface area (Å²) in [7, 11) is 1.79. The molecule has 0 spiro atoms. The molecule has 0 atom stereocenters. The summed E-state index contributed by atoms with van der Waals surface area (Å²) < 4.78 is 0. The maximum atomic E-state index is 4.62. The highest BCUT2D eigenvalue weighted by Gasteiger charge is 2.06. The number of hydrogen-bond donors (Lipinski definition) is 2. The highest BCUT2D eigenvalue weighted by molar-refractivity contribution is 7.09. The van der Waals surface area contributed by atoms with Gasteiger partial charge in [-0.15, -0.1) is 22.7 Å². The van der Waals surface area contributed by atoms with Gasteiger partial charge < -0.3 is 10.6 Å². The molecule has 0 bridgehead atoms. The second-order valence-corrected chi connectivity index (χ2v) is 7.54. The van der Waals surface area contributed by atoms with Crippen molar-refractivity contribution in [3.63, 3.8) is 0 Å². The summed E-state index contributed by atoms with van der Waals surface area (Å²) >= 11 is 3.43. The van der Waals surface area contributed by atoms with Crippen LogP contribution in [0.3, 0.4) is 0 Å². The first-order chi connectivity index (χ1) is 11.1. The predicted molar refractivity (Wildman–Crippen MR) is 99.6 cm³/mol. The molecule has 2 aromatic rings. The highest BCUT2D eigenvalue weighted by atomic mass is 32.1. The topological polar surface area (TPSA) is 62.2 Å². The van der Waals surface area contributed by atoms with E-state index in [1.165, 1.54) is 5.01 Å². The number of guanidine groups is 1. The molecule has 5 nitrogen and oxygen atoms in total. The van der Waals surface area contributed by atoms with Crippen molar-refractivity contribution >= 4 is 28.6 Å². The van der Waals surface area contributed by atoms with Crippen LogP contribution < -0.4 is 10.6 Å². The molecule has 0 aliphatic carbocycles. The first kappa shape index (κ1) is 17.9. The quantitative estimate of drug-likeness (QED) is 0.456. The second kappa shape index (κ2) is 8.98. The van der Waals surface area contributed by atoms with Gasteiger partial charge in [-0.25, -0.2) is 9.97 Å². The number of nitrogens with zero attached hydrogens (tertiary/aromatic N) is 3. The van der Waals surface area contributed by atoms with E-state index in [0.29, 0.717) is 12.5 Å². The zero-order chi connectivity index (χ0) is 16.7. The molecule has 0 saturated carbocycles. The molecule has 0 saturated heterocycles. The Morgan fingerprint density at radius 3 is 2.57 bits per heavy atom. The molecule has 0 amide bonds. The number of hydrogen-bond acceptors (Lipinski definition) is 5. The van der Waals surface area contributed by atoms with Crippen LogP contribution in [-0.4, -0.2) is 29.5 Å². The summed E-state index contributed by atoms with van der Waals surface area (Å²) in [5.41, 5.74) is 2.27. The van der Waals surface area contributed by atoms with E-state index in [-0.39, 0.29) is 0 Å². The minimum absolute atomic E-state index is 0.479. The van der Waals surface area contributed by atoms with Crippen LogP contribution in [-0.2, 0) is 13.0 Å². The number of nitrogens with one attached hydrogen (secondary N) is 2. The summed E-state index contributed by atoms with van der Waals surface area (Å²) in [6.45, 7) is 7.96. The van der Waals surface area contributed by atoms with Crippen LogP contribution in [0, 0.1) is 6.92 Å². The Labute approximate surface area is 146 Å². The summed E-state index contributed by atoms with van der Waals surface area (Å²) in [5, 5.41) is 13.2. The third-order valence-corrected chi connectivity index (χ3v) is 5.21. The number of aliphatic imine (C=N–C) groups is 1. The maximum absolute atomic E-state index is 4.62. The molecule has 2 rings (SSSR count). The van der Waals surface area contributed by atoms with Crippen molar-refractivity contribution in [2.24, 2.45) is 4.99 Å². The molecular formula is C16H25N5S2. The molecule has 0 fully saturated rings. The van der Waals surface area contributed by atoms with Crippen molar-refractivity contribution in [1.29, 1.82) is 0 Å². The van der Waals surface area contributed by atoms with Crippen molar-refractivity contribution < 1.29 is 0 Å². The minimum atomic E-state index is 0.479. The predicted octanol–water partition coefficient (Wildman–Crippen LogP) is 3.33. The summed E-state index contributed by atoms with van der Waals surface area (Å²) in [5.74, 6) is 1.30. The van der Waals surface area contributed by atoms with Gasteiger partial charge in [-0.2, -0.15) is 0 Å². The van der Waals surface area contributed by atoms with E-state index in [4.69, 9.17) is 0 Å². The lowest BCUT2D eigenvalue weighted by Gasteiger charge is -2.10. The van der Waals surface area contributed by atoms with Crippen molar-refractivity contribution in [3.8, 4) is 0 Å². The molecule has 2 N–H and O–H groups in total. The number of rotatable bonds is 7. The van der Waals surface area contributed by atoms with Gasteiger partial charge in [0.1, 0.15) is 5.01 Å². The zero-order valence-electron chi connectivity index (χ0n) is 14.2. The summed E-state index contributed by atoms with van der Waals surface area (Å²) in [6.07, 6.45) is 2.05. The van der Waals surface area contributed by atoms with E-state index < -0.39 is 0 Å². The highest BCUT2D eigenvalue weighted by Crippen LogP contribution is 2.17. The molecular weight excluding hydrogens is 326 g/mol. The molecule has 0 aliphatic heterocycles. The Morgan fingerprint density at radius 1 is 1.17 bits per heavy atom. The van der Waals surface area contributed by atoms with Crippen molar-refractivity contribution in [2.45, 2.75) is 46.1 Å². The number of thiazole rings is 2. The fourth-order valence-corrected chi connectivity index (χ4v) is 3.73. The van der Waals surface area contributed by atoms with Gasteiger partial charge in [0.05, 0.1) is 17.2 Å². The lowest BCUT2D eigenvalue weighted by molar-refractivity contribution is 0.735. The first-order valence-electron chi connectivity index (χ1n) is 7.88. The molecule has 2 aromatic heterocycles. The Kier molecular flexibility index (Phi) is 6.98. The van der Waals surface area contributed by atoms with Gasteiger partial charge in [-0.1, -0.05) is 13.8 Å². The van der Waals surface area contributed by atoms with Crippen LogP contribution in [0.1, 0.15) is 47.6 Å². The molecule has 0 unspecified atom stereocenters. The van der Waals surface area contributed by atoms with Crippen molar-refractivity contribution in [2.75, 3.05) is 13.6 Å². The van der Waals surface area contributed by atoms with E-state index in [9.17, 15) is 0 Å². The Hall–Kier alpha value is -1.47. The third kappa shape index (κ3) is 5.91. The van der Waals surface area contributed by atoms with Crippen LogP contribution in [0.15, 0.2) is 15.8 Å². The molecule has 2 heterocycles. The smallest absolute Gasteiger partial charge is 0.191 e. The number of aryl methyl sites for hydroxylation is 2. The Balaban J connectivity index is 1.68. The minimum Gasteiger partial charge on any atom is -0.356 e. The molecule has 0 aliphatic rings. The first-order valence-corrected chi connectivity index (χ1v) is 9.64. The molecule has 126 valence electrons. The number of aromatic nitrogens is 2. The van der Waals surface area contributed by atoms with Crippen LogP contribution in [0.2, 0.25) is 0 Å². The molecule has 23 heavy (non-hydrogen) atoms. The lowest BCUT2D eigenvalue weighted by Crippen LogP contribution is -2.37. The average molecular weight is 352 g/mol. The van der Waals surface area contributed by atoms with Gasteiger partial charge >= 0.3 is 0 Å². The summed E-state index contributed by atoms with van der Waals surface area (Å²) in [6, 6.07) is 0.